The Bertz CT molecular complexity index is 404. The van der Waals surface area contributed by atoms with Crippen LogP contribution in [0.5, 0.6) is 0 Å². The first-order chi connectivity index (χ1) is 11.3. The topological polar surface area (TPSA) is 49.3 Å². The fraction of sp³-hybridized carbons (Fsp3) is 0.941. The molecule has 3 atom stereocenters. The molecular formula is C17H33IN4O2. The van der Waals surface area contributed by atoms with E-state index in [1.54, 1.807) is 0 Å². The molecule has 0 aromatic rings. The maximum atomic E-state index is 5.96. The number of likely N-dealkylation sites (N-methyl/N-ethyl adjacent to an activating group) is 1. The number of likely N-dealkylation sites (tertiary alicyclic amines) is 1. The third-order valence-electron chi connectivity index (χ3n) is 5.23. The second kappa shape index (κ2) is 10.1. The number of morpholine rings is 1. The first-order valence-corrected chi connectivity index (χ1v) is 9.24. The summed E-state index contributed by atoms with van der Waals surface area (Å²) < 4.78 is 11.8. The molecule has 3 heterocycles. The molecule has 0 aromatic carbocycles. The van der Waals surface area contributed by atoms with Crippen LogP contribution in [0.1, 0.15) is 32.6 Å². The first kappa shape index (κ1) is 20.2. The Hall–Kier alpha value is -0.120. The lowest BCUT2D eigenvalue weighted by Crippen LogP contribution is -2.53. The predicted molar refractivity (Wildman–Crippen MR) is 107 cm³/mol. The van der Waals surface area contributed by atoms with Gasteiger partial charge in [-0.05, 0) is 46.2 Å². The van der Waals surface area contributed by atoms with Crippen molar-refractivity contribution in [1.29, 1.82) is 0 Å². The van der Waals surface area contributed by atoms with Crippen molar-refractivity contribution in [1.82, 2.24) is 15.1 Å². The Morgan fingerprint density at radius 1 is 1.12 bits per heavy atom. The van der Waals surface area contributed by atoms with Crippen LogP contribution in [0.2, 0.25) is 0 Å². The van der Waals surface area contributed by atoms with E-state index in [1.807, 2.05) is 0 Å². The quantitative estimate of drug-likeness (QED) is 0.399. The summed E-state index contributed by atoms with van der Waals surface area (Å²) in [5.41, 5.74) is 0. The molecule has 3 aliphatic heterocycles. The average Bonchev–Trinajstić information content (AvgIpc) is 3.23. The minimum Gasteiger partial charge on any atom is -0.375 e. The van der Waals surface area contributed by atoms with Crippen molar-refractivity contribution >= 4 is 29.9 Å². The Labute approximate surface area is 163 Å². The number of hydrogen-bond acceptors (Lipinski definition) is 4. The van der Waals surface area contributed by atoms with E-state index in [9.17, 15) is 0 Å². The molecule has 0 radical (unpaired) electrons. The van der Waals surface area contributed by atoms with Crippen molar-refractivity contribution in [3.8, 4) is 0 Å². The van der Waals surface area contributed by atoms with Gasteiger partial charge in [0.25, 0.3) is 0 Å². The number of rotatable bonds is 4. The van der Waals surface area contributed by atoms with Crippen LogP contribution in [-0.2, 0) is 9.47 Å². The van der Waals surface area contributed by atoms with Crippen LogP contribution in [0, 0.1) is 0 Å². The van der Waals surface area contributed by atoms with E-state index in [0.717, 1.165) is 58.2 Å². The van der Waals surface area contributed by atoms with Crippen molar-refractivity contribution < 1.29 is 9.47 Å². The molecule has 3 unspecified atom stereocenters. The highest BCUT2D eigenvalue weighted by Crippen LogP contribution is 2.21. The molecule has 140 valence electrons. The standard InChI is InChI=1S/C17H32N4O2.HI/c1-3-18-17(19-12-14-6-4-8-20(14)2)21-9-11-23-16(13-21)15-7-5-10-22-15;/h14-16H,3-13H2,1-2H3,(H,18,19);1H. The number of guanidine groups is 1. The lowest BCUT2D eigenvalue weighted by Gasteiger charge is -2.37. The SMILES string of the molecule is CCNC(=NCC1CCCN1C)N1CCOC(C2CCCO2)C1.I. The molecule has 0 aromatic heterocycles. The van der Waals surface area contributed by atoms with Crippen molar-refractivity contribution in [2.45, 2.75) is 50.9 Å². The van der Waals surface area contributed by atoms with Gasteiger partial charge in [0.15, 0.2) is 5.96 Å². The molecule has 0 saturated carbocycles. The van der Waals surface area contributed by atoms with E-state index >= 15 is 0 Å². The second-order valence-corrected chi connectivity index (χ2v) is 6.88. The number of halogens is 1. The minimum atomic E-state index is 0. The zero-order valence-corrected chi connectivity index (χ0v) is 17.4. The highest BCUT2D eigenvalue weighted by molar-refractivity contribution is 14.0. The van der Waals surface area contributed by atoms with Crippen molar-refractivity contribution in [3.63, 3.8) is 0 Å². The first-order valence-electron chi connectivity index (χ1n) is 9.24. The summed E-state index contributed by atoms with van der Waals surface area (Å²) in [6.07, 6.45) is 5.30. The van der Waals surface area contributed by atoms with Gasteiger partial charge in [-0.25, -0.2) is 0 Å². The number of ether oxygens (including phenoxy) is 2. The smallest absolute Gasteiger partial charge is 0.194 e. The molecule has 0 spiro atoms. The lowest BCUT2D eigenvalue weighted by atomic mass is 10.1. The maximum Gasteiger partial charge on any atom is 0.194 e. The molecule has 6 nitrogen and oxygen atoms in total. The summed E-state index contributed by atoms with van der Waals surface area (Å²) >= 11 is 0. The molecule has 0 bridgehead atoms. The molecular weight excluding hydrogens is 419 g/mol. The van der Waals surface area contributed by atoms with Crippen LogP contribution in [0.4, 0.5) is 0 Å². The molecule has 3 aliphatic rings. The summed E-state index contributed by atoms with van der Waals surface area (Å²) in [6, 6.07) is 0.596. The van der Waals surface area contributed by atoms with Gasteiger partial charge in [-0.3, -0.25) is 4.99 Å². The van der Waals surface area contributed by atoms with E-state index in [-0.39, 0.29) is 36.2 Å². The van der Waals surface area contributed by atoms with Crippen molar-refractivity contribution in [2.75, 3.05) is 53.0 Å². The molecule has 3 saturated heterocycles. The van der Waals surface area contributed by atoms with Gasteiger partial charge in [-0.2, -0.15) is 0 Å². The minimum absolute atomic E-state index is 0. The van der Waals surface area contributed by atoms with Crippen LogP contribution in [0.3, 0.4) is 0 Å². The Morgan fingerprint density at radius 2 is 1.96 bits per heavy atom. The molecule has 24 heavy (non-hydrogen) atoms. The van der Waals surface area contributed by atoms with Crippen molar-refractivity contribution in [2.24, 2.45) is 4.99 Å². The second-order valence-electron chi connectivity index (χ2n) is 6.88. The molecule has 7 heteroatoms. The largest absolute Gasteiger partial charge is 0.375 e. The van der Waals surface area contributed by atoms with Crippen LogP contribution in [0.25, 0.3) is 0 Å². The lowest BCUT2D eigenvalue weighted by molar-refractivity contribution is -0.0817. The van der Waals surface area contributed by atoms with Crippen molar-refractivity contribution in [3.05, 3.63) is 0 Å². The zero-order chi connectivity index (χ0) is 16.1. The van der Waals surface area contributed by atoms with E-state index in [1.165, 1.54) is 19.4 Å². The van der Waals surface area contributed by atoms with Gasteiger partial charge in [0.05, 0.1) is 19.3 Å². The third kappa shape index (κ3) is 5.19. The van der Waals surface area contributed by atoms with Gasteiger partial charge in [0.2, 0.25) is 0 Å². The Morgan fingerprint density at radius 3 is 2.62 bits per heavy atom. The van der Waals surface area contributed by atoms with Gasteiger partial charge in [-0.1, -0.05) is 0 Å². The van der Waals surface area contributed by atoms with E-state index in [0.29, 0.717) is 6.04 Å². The molecule has 0 amide bonds. The van der Waals surface area contributed by atoms with Crippen LogP contribution in [0.15, 0.2) is 4.99 Å². The van der Waals surface area contributed by atoms with Crippen LogP contribution < -0.4 is 5.32 Å². The fourth-order valence-electron chi connectivity index (χ4n) is 3.82. The Balaban J connectivity index is 0.00000208. The monoisotopic (exact) mass is 452 g/mol. The van der Waals surface area contributed by atoms with Gasteiger partial charge >= 0.3 is 0 Å². The highest BCUT2D eigenvalue weighted by Gasteiger charge is 2.32. The fourth-order valence-corrected chi connectivity index (χ4v) is 3.82. The zero-order valence-electron chi connectivity index (χ0n) is 15.1. The number of nitrogens with one attached hydrogen (secondary N) is 1. The van der Waals surface area contributed by atoms with E-state index in [2.05, 4.69) is 29.1 Å². The number of aliphatic imine (C=N–C) groups is 1. The summed E-state index contributed by atoms with van der Waals surface area (Å²) in [4.78, 5) is 9.71. The predicted octanol–water partition coefficient (Wildman–Crippen LogP) is 1.54. The highest BCUT2D eigenvalue weighted by atomic mass is 127. The summed E-state index contributed by atoms with van der Waals surface area (Å²) in [5, 5.41) is 3.46. The van der Waals surface area contributed by atoms with Gasteiger partial charge in [0, 0.05) is 32.3 Å². The average molecular weight is 452 g/mol. The van der Waals surface area contributed by atoms with Gasteiger partial charge in [-0.15, -0.1) is 24.0 Å². The third-order valence-corrected chi connectivity index (χ3v) is 5.23. The Kier molecular flexibility index (Phi) is 8.53. The summed E-state index contributed by atoms with van der Waals surface area (Å²) in [5.74, 6) is 1.04. The van der Waals surface area contributed by atoms with Gasteiger partial charge < -0.3 is 24.6 Å². The van der Waals surface area contributed by atoms with E-state index < -0.39 is 0 Å². The molecule has 3 fully saturated rings. The van der Waals surface area contributed by atoms with E-state index in [4.69, 9.17) is 14.5 Å². The molecule has 0 aliphatic carbocycles. The summed E-state index contributed by atoms with van der Waals surface area (Å²) in [6.45, 7) is 8.57. The van der Waals surface area contributed by atoms with Crippen LogP contribution in [-0.4, -0.2) is 87.0 Å². The maximum absolute atomic E-state index is 5.96. The normalized spacial score (nSPS) is 32.0. The molecule has 1 N–H and O–H groups in total. The number of nitrogens with zero attached hydrogens (tertiary/aromatic N) is 3. The molecule has 3 rings (SSSR count). The number of hydrogen-bond donors (Lipinski definition) is 1. The van der Waals surface area contributed by atoms with Crippen LogP contribution >= 0.6 is 24.0 Å². The van der Waals surface area contributed by atoms with Gasteiger partial charge in [0.1, 0.15) is 6.10 Å². The summed E-state index contributed by atoms with van der Waals surface area (Å²) in [7, 11) is 2.21.